The van der Waals surface area contributed by atoms with Crippen molar-refractivity contribution >= 4 is 73.3 Å². The molecular formula is C35H31ClN3O6S2-. The summed E-state index contributed by atoms with van der Waals surface area (Å²) >= 11 is 3.37. The third kappa shape index (κ3) is 8.83. The maximum atomic E-state index is 14.0. The topological polar surface area (TPSA) is 131 Å². The second-order valence-corrected chi connectivity index (χ2v) is 13.9. The van der Waals surface area contributed by atoms with Gasteiger partial charge in [-0.1, -0.05) is 78.3 Å². The monoisotopic (exact) mass is 688 g/mol. The van der Waals surface area contributed by atoms with E-state index in [1.807, 2.05) is 54.6 Å². The summed E-state index contributed by atoms with van der Waals surface area (Å²) in [5, 5.41) is 11.3. The Kier molecular flexibility index (Phi) is 11.0. The third-order valence-electron chi connectivity index (χ3n) is 7.37. The molecule has 0 aliphatic heterocycles. The number of hydrogen-bond donors (Lipinski definition) is 1. The Morgan fingerprint density at radius 3 is 2.36 bits per heavy atom. The first-order valence-corrected chi connectivity index (χ1v) is 17.7. The first-order valence-electron chi connectivity index (χ1n) is 14.7. The number of sulfonamides is 1. The number of carbonyl (C=O) groups is 1. The fraction of sp³-hybridized carbons (Fsp3) is 0.143. The molecule has 47 heavy (non-hydrogen) atoms. The number of carboxylic acid groups (broad SMARTS) is 1. The average Bonchev–Trinajstić information content (AvgIpc) is 3.05. The molecular weight excluding hydrogens is 658 g/mol. The van der Waals surface area contributed by atoms with Gasteiger partial charge in [0.1, 0.15) is 0 Å². The molecule has 5 rings (SSSR count). The number of pyridine rings is 1. The Morgan fingerprint density at radius 1 is 0.872 bits per heavy atom. The van der Waals surface area contributed by atoms with Crippen molar-refractivity contribution < 1.29 is 27.1 Å². The van der Waals surface area contributed by atoms with E-state index in [1.54, 1.807) is 48.5 Å². The quantitative estimate of drug-likeness (QED) is 0.0966. The van der Waals surface area contributed by atoms with Crippen LogP contribution < -0.4 is 8.61 Å². The van der Waals surface area contributed by atoms with E-state index in [-0.39, 0.29) is 36.5 Å². The van der Waals surface area contributed by atoms with Gasteiger partial charge in [-0.25, -0.2) is 18.2 Å². The second kappa shape index (κ2) is 15.4. The standard InChI is InChI=1S/C35H32ClN3O6S2/c36-29-16-20-31(21-17-29)38(46(42)43)22-5-6-23-39(34-13-4-2-11-32(34)35(40)41)47(44,45)25-27-9-7-8-26(24-27)14-18-30-19-15-28-10-1-3-12-33(28)37-30/h1-4,7-21,24H,5-6,22-23,25H2,(H,40,41)(H,42,43)/p-1. The number of fused-ring (bicyclic) bond motifs is 1. The number of unbranched alkanes of at least 4 members (excludes halogenated alkanes) is 1. The van der Waals surface area contributed by atoms with Gasteiger partial charge in [0.2, 0.25) is 10.0 Å². The van der Waals surface area contributed by atoms with E-state index in [1.165, 1.54) is 18.2 Å². The van der Waals surface area contributed by atoms with E-state index in [9.17, 15) is 27.1 Å². The zero-order valence-electron chi connectivity index (χ0n) is 25.1. The van der Waals surface area contributed by atoms with Crippen molar-refractivity contribution in [3.8, 4) is 0 Å². The Labute approximate surface area is 281 Å². The summed E-state index contributed by atoms with van der Waals surface area (Å²) in [6, 6.07) is 31.1. The molecule has 0 spiro atoms. The van der Waals surface area contributed by atoms with Gasteiger partial charge in [-0.3, -0.25) is 8.51 Å². The van der Waals surface area contributed by atoms with Gasteiger partial charge in [-0.2, -0.15) is 0 Å². The van der Waals surface area contributed by atoms with Crippen molar-refractivity contribution in [3.05, 3.63) is 137 Å². The van der Waals surface area contributed by atoms with E-state index >= 15 is 0 Å². The number of benzene rings is 4. The van der Waals surface area contributed by atoms with Crippen LogP contribution in [0.1, 0.15) is 40.0 Å². The highest BCUT2D eigenvalue weighted by Crippen LogP contribution is 2.27. The first kappa shape index (κ1) is 33.8. The van der Waals surface area contributed by atoms with Gasteiger partial charge in [0.05, 0.1) is 28.2 Å². The highest BCUT2D eigenvalue weighted by Gasteiger charge is 2.27. The minimum Gasteiger partial charge on any atom is -0.755 e. The van der Waals surface area contributed by atoms with Crippen molar-refractivity contribution in [2.24, 2.45) is 0 Å². The minimum absolute atomic E-state index is 0.0420. The van der Waals surface area contributed by atoms with Crippen LogP contribution in [0.25, 0.3) is 23.1 Å². The lowest BCUT2D eigenvalue weighted by atomic mass is 10.1. The molecule has 12 heteroatoms. The number of para-hydroxylation sites is 2. The number of anilines is 2. The van der Waals surface area contributed by atoms with Crippen LogP contribution >= 0.6 is 11.6 Å². The van der Waals surface area contributed by atoms with E-state index in [4.69, 9.17) is 11.6 Å². The van der Waals surface area contributed by atoms with Crippen LogP contribution in [0.2, 0.25) is 5.02 Å². The fourth-order valence-corrected chi connectivity index (χ4v) is 7.44. The Balaban J connectivity index is 1.34. The van der Waals surface area contributed by atoms with Gasteiger partial charge in [0.25, 0.3) is 0 Å². The van der Waals surface area contributed by atoms with Gasteiger partial charge in [-0.15, -0.1) is 0 Å². The number of halogens is 1. The summed E-state index contributed by atoms with van der Waals surface area (Å²) < 4.78 is 54.1. The lowest BCUT2D eigenvalue weighted by Crippen LogP contribution is -2.35. The number of aromatic carboxylic acids is 1. The minimum atomic E-state index is -4.08. The number of hydrogen-bond acceptors (Lipinski definition) is 6. The highest BCUT2D eigenvalue weighted by atomic mass is 35.5. The van der Waals surface area contributed by atoms with E-state index in [0.29, 0.717) is 22.7 Å². The van der Waals surface area contributed by atoms with Crippen molar-refractivity contribution in [2.45, 2.75) is 18.6 Å². The van der Waals surface area contributed by atoms with Crippen molar-refractivity contribution in [3.63, 3.8) is 0 Å². The van der Waals surface area contributed by atoms with Crippen LogP contribution in [0.3, 0.4) is 0 Å². The molecule has 0 aliphatic carbocycles. The smallest absolute Gasteiger partial charge is 0.337 e. The molecule has 0 fully saturated rings. The lowest BCUT2D eigenvalue weighted by molar-refractivity contribution is 0.0697. The number of nitrogens with zero attached hydrogens (tertiary/aromatic N) is 3. The molecule has 0 saturated heterocycles. The van der Waals surface area contributed by atoms with Crippen molar-refractivity contribution in [2.75, 3.05) is 21.7 Å². The molecule has 242 valence electrons. The van der Waals surface area contributed by atoms with Crippen LogP contribution in [0.5, 0.6) is 0 Å². The molecule has 9 nitrogen and oxygen atoms in total. The molecule has 1 N–H and O–H groups in total. The predicted molar refractivity (Wildman–Crippen MR) is 187 cm³/mol. The Hall–Kier alpha value is -4.55. The molecule has 0 saturated carbocycles. The predicted octanol–water partition coefficient (Wildman–Crippen LogP) is 7.17. The summed E-state index contributed by atoms with van der Waals surface area (Å²) in [7, 11) is -4.08. The van der Waals surface area contributed by atoms with Crippen molar-refractivity contribution in [1.82, 2.24) is 4.98 Å². The van der Waals surface area contributed by atoms with Gasteiger partial charge < -0.3 is 14.0 Å². The normalized spacial score (nSPS) is 12.3. The molecule has 0 radical (unpaired) electrons. The average molecular weight is 689 g/mol. The van der Waals surface area contributed by atoms with Crippen LogP contribution in [0.15, 0.2) is 109 Å². The molecule has 0 amide bonds. The molecule has 5 aromatic rings. The zero-order chi connectivity index (χ0) is 33.4. The molecule has 1 unspecified atom stereocenters. The Morgan fingerprint density at radius 2 is 1.60 bits per heavy atom. The second-order valence-electron chi connectivity index (χ2n) is 10.7. The zero-order valence-corrected chi connectivity index (χ0v) is 27.5. The fourth-order valence-electron chi connectivity index (χ4n) is 5.12. The van der Waals surface area contributed by atoms with Gasteiger partial charge in [0.15, 0.2) is 0 Å². The maximum Gasteiger partial charge on any atom is 0.337 e. The van der Waals surface area contributed by atoms with Crippen LogP contribution in [-0.2, 0) is 27.0 Å². The highest BCUT2D eigenvalue weighted by molar-refractivity contribution is 7.92. The molecule has 0 bridgehead atoms. The van der Waals surface area contributed by atoms with Gasteiger partial charge in [-0.05, 0) is 78.6 Å². The van der Waals surface area contributed by atoms with E-state index < -0.39 is 27.3 Å². The van der Waals surface area contributed by atoms with E-state index in [0.717, 1.165) is 30.8 Å². The molecule has 4 aromatic carbocycles. The van der Waals surface area contributed by atoms with Crippen LogP contribution in [-0.4, -0.2) is 46.3 Å². The summed E-state index contributed by atoms with van der Waals surface area (Å²) in [5.74, 6) is -1.64. The number of rotatable bonds is 14. The molecule has 0 aliphatic rings. The largest absolute Gasteiger partial charge is 0.755 e. The number of aromatic nitrogens is 1. The summed E-state index contributed by atoms with van der Waals surface area (Å²) in [4.78, 5) is 16.7. The summed E-state index contributed by atoms with van der Waals surface area (Å²) in [6.45, 7) is 0.0342. The SMILES string of the molecule is O=C(O)c1ccccc1N(CCCCN(c1ccc(Cl)cc1)S(=O)[O-])S(=O)(=O)Cc1cccc(C=Cc2ccc3ccccc3n2)c1. The molecule has 1 atom stereocenters. The Bertz CT molecular complexity index is 2040. The van der Waals surface area contributed by atoms with Gasteiger partial charge >= 0.3 is 5.97 Å². The van der Waals surface area contributed by atoms with Crippen LogP contribution in [0, 0.1) is 0 Å². The number of carboxylic acids is 1. The molecule has 1 aromatic heterocycles. The van der Waals surface area contributed by atoms with Crippen molar-refractivity contribution in [1.29, 1.82) is 0 Å². The first-order chi connectivity index (χ1) is 22.6. The summed E-state index contributed by atoms with van der Waals surface area (Å²) in [6.07, 6.45) is 4.28. The van der Waals surface area contributed by atoms with Crippen LogP contribution in [0.4, 0.5) is 11.4 Å². The van der Waals surface area contributed by atoms with E-state index in [2.05, 4.69) is 4.98 Å². The maximum absolute atomic E-state index is 14.0. The lowest BCUT2D eigenvalue weighted by Gasteiger charge is -2.28. The third-order valence-corrected chi connectivity index (χ3v) is 10.1. The van der Waals surface area contributed by atoms with Gasteiger partial charge in [0, 0.05) is 40.5 Å². The molecule has 1 heterocycles. The summed E-state index contributed by atoms with van der Waals surface area (Å²) in [5.41, 5.74) is 3.24.